The van der Waals surface area contributed by atoms with Crippen molar-refractivity contribution in [2.24, 2.45) is 0 Å². The van der Waals surface area contributed by atoms with Crippen LogP contribution >= 0.6 is 24.8 Å². The van der Waals surface area contributed by atoms with Crippen LogP contribution in [0.15, 0.2) is 0 Å². The Morgan fingerprint density at radius 1 is 1.33 bits per heavy atom. The Bertz CT molecular complexity index is 307. The number of amides is 1. The molecule has 2 saturated heterocycles. The number of piperidine rings is 1. The monoisotopic (exact) mass is 341 g/mol. The van der Waals surface area contributed by atoms with Crippen LogP contribution in [-0.2, 0) is 9.53 Å². The first-order valence-electron chi connectivity index (χ1n) is 7.46. The summed E-state index contributed by atoms with van der Waals surface area (Å²) in [5.74, 6) is 0.146. The highest BCUT2D eigenvalue weighted by atomic mass is 35.5. The zero-order valence-corrected chi connectivity index (χ0v) is 14.7. The molecule has 0 saturated carbocycles. The van der Waals surface area contributed by atoms with E-state index in [1.54, 1.807) is 0 Å². The molecule has 0 radical (unpaired) electrons. The lowest BCUT2D eigenvalue weighted by molar-refractivity contribution is -0.128. The molecule has 2 unspecified atom stereocenters. The van der Waals surface area contributed by atoms with Crippen molar-refractivity contribution in [3.8, 4) is 0 Å². The molecule has 0 bridgehead atoms. The molecule has 2 aliphatic rings. The van der Waals surface area contributed by atoms with E-state index in [-0.39, 0.29) is 42.3 Å². The molecule has 0 aromatic heterocycles. The van der Waals surface area contributed by atoms with Crippen molar-refractivity contribution in [3.63, 3.8) is 0 Å². The lowest BCUT2D eigenvalue weighted by atomic mass is 9.90. The van der Waals surface area contributed by atoms with Gasteiger partial charge in [0, 0.05) is 25.7 Å². The molecule has 2 heterocycles. The quantitative estimate of drug-likeness (QED) is 0.806. The topological polar surface area (TPSA) is 53.6 Å². The molecule has 2 rings (SSSR count). The van der Waals surface area contributed by atoms with Gasteiger partial charge in [-0.25, -0.2) is 0 Å². The average molecular weight is 342 g/mol. The second-order valence-electron chi connectivity index (χ2n) is 6.00. The average Bonchev–Trinajstić information content (AvgIpc) is 2.40. The second-order valence-corrected chi connectivity index (χ2v) is 6.00. The van der Waals surface area contributed by atoms with Crippen LogP contribution in [0.5, 0.6) is 0 Å². The second kappa shape index (κ2) is 9.85. The van der Waals surface area contributed by atoms with Crippen molar-refractivity contribution in [1.29, 1.82) is 0 Å². The minimum Gasteiger partial charge on any atom is -0.379 e. The zero-order chi connectivity index (χ0) is 13.7. The maximum absolute atomic E-state index is 12.4. The number of hydrogen-bond acceptors (Lipinski definition) is 4. The Morgan fingerprint density at radius 2 is 2.00 bits per heavy atom. The van der Waals surface area contributed by atoms with Gasteiger partial charge in [0.1, 0.15) is 0 Å². The van der Waals surface area contributed by atoms with Crippen molar-refractivity contribution in [2.75, 3.05) is 39.4 Å². The smallest absolute Gasteiger partial charge is 0.240 e. The molecule has 2 N–H and O–H groups in total. The largest absolute Gasteiger partial charge is 0.379 e. The highest BCUT2D eigenvalue weighted by molar-refractivity contribution is 5.86. The maximum Gasteiger partial charge on any atom is 0.240 e. The van der Waals surface area contributed by atoms with Gasteiger partial charge in [-0.15, -0.1) is 24.8 Å². The third-order valence-electron chi connectivity index (χ3n) is 4.13. The number of ether oxygens (including phenoxy) is 1. The number of carbonyl (C=O) groups excluding carboxylic acids is 1. The Balaban J connectivity index is 0.00000200. The van der Waals surface area contributed by atoms with Gasteiger partial charge in [-0.05, 0) is 39.7 Å². The lowest BCUT2D eigenvalue weighted by Crippen LogP contribution is -2.59. The number of morpholine rings is 1. The highest BCUT2D eigenvalue weighted by Crippen LogP contribution is 2.18. The molecule has 5 nitrogen and oxygen atoms in total. The van der Waals surface area contributed by atoms with Crippen LogP contribution in [0, 0.1) is 0 Å². The molecule has 21 heavy (non-hydrogen) atoms. The number of hydrogen-bond donors (Lipinski definition) is 2. The molecule has 2 fully saturated rings. The first kappa shape index (κ1) is 20.9. The van der Waals surface area contributed by atoms with Crippen LogP contribution < -0.4 is 10.6 Å². The van der Waals surface area contributed by atoms with Crippen molar-refractivity contribution < 1.29 is 9.53 Å². The fraction of sp³-hybridized carbons (Fsp3) is 0.929. The van der Waals surface area contributed by atoms with E-state index >= 15 is 0 Å². The Morgan fingerprint density at radius 3 is 2.57 bits per heavy atom. The molecular weight excluding hydrogens is 313 g/mol. The Hall–Kier alpha value is -0.0700. The summed E-state index contributed by atoms with van der Waals surface area (Å²) >= 11 is 0. The molecule has 1 amide bonds. The SMILES string of the molecule is CC(CN1CCOCC1)NC(=O)C1(C)CCCCN1.Cl.Cl. The molecule has 2 atom stereocenters. The summed E-state index contributed by atoms with van der Waals surface area (Å²) in [6.07, 6.45) is 3.24. The third-order valence-corrected chi connectivity index (χ3v) is 4.13. The third kappa shape index (κ3) is 6.28. The summed E-state index contributed by atoms with van der Waals surface area (Å²) in [7, 11) is 0. The normalized spacial score (nSPS) is 27.9. The molecule has 126 valence electrons. The molecule has 7 heteroatoms. The fourth-order valence-electron chi connectivity index (χ4n) is 2.85. The highest BCUT2D eigenvalue weighted by Gasteiger charge is 2.34. The number of rotatable bonds is 4. The van der Waals surface area contributed by atoms with E-state index in [2.05, 4.69) is 22.5 Å². The van der Waals surface area contributed by atoms with Crippen LogP contribution in [0.4, 0.5) is 0 Å². The predicted octanol–water partition coefficient (Wildman–Crippen LogP) is 1.20. The van der Waals surface area contributed by atoms with Gasteiger partial charge in [0.2, 0.25) is 5.91 Å². The van der Waals surface area contributed by atoms with Crippen molar-refractivity contribution in [3.05, 3.63) is 0 Å². The number of nitrogens with one attached hydrogen (secondary N) is 2. The van der Waals surface area contributed by atoms with Crippen molar-refractivity contribution >= 4 is 30.7 Å². The first-order chi connectivity index (χ1) is 9.10. The molecule has 0 spiro atoms. The standard InChI is InChI=1S/C14H27N3O2.2ClH/c1-12(11-17-7-9-19-10-8-17)16-13(18)14(2)5-3-4-6-15-14;;/h12,15H,3-11H2,1-2H3,(H,16,18);2*1H. The summed E-state index contributed by atoms with van der Waals surface area (Å²) in [6, 6.07) is 0.186. The Labute approximate surface area is 140 Å². The van der Waals surface area contributed by atoms with E-state index in [9.17, 15) is 4.79 Å². The van der Waals surface area contributed by atoms with E-state index in [4.69, 9.17) is 4.74 Å². The van der Waals surface area contributed by atoms with Crippen LogP contribution in [-0.4, -0.2) is 61.8 Å². The fourth-order valence-corrected chi connectivity index (χ4v) is 2.85. The van der Waals surface area contributed by atoms with E-state index in [1.165, 1.54) is 6.42 Å². The number of halogens is 2. The van der Waals surface area contributed by atoms with Crippen molar-refractivity contribution in [2.45, 2.75) is 44.7 Å². The summed E-state index contributed by atoms with van der Waals surface area (Å²) in [5, 5.41) is 6.51. The van der Waals surface area contributed by atoms with Gasteiger partial charge in [0.15, 0.2) is 0 Å². The molecule has 0 aliphatic carbocycles. The molecule has 0 aromatic rings. The van der Waals surface area contributed by atoms with Gasteiger partial charge >= 0.3 is 0 Å². The van der Waals surface area contributed by atoms with E-state index in [0.29, 0.717) is 0 Å². The zero-order valence-electron chi connectivity index (χ0n) is 13.0. The molecule has 0 aromatic carbocycles. The van der Waals surface area contributed by atoms with E-state index in [0.717, 1.165) is 52.2 Å². The van der Waals surface area contributed by atoms with Crippen LogP contribution in [0.1, 0.15) is 33.1 Å². The minimum atomic E-state index is -0.377. The van der Waals surface area contributed by atoms with Crippen LogP contribution in [0.2, 0.25) is 0 Å². The van der Waals surface area contributed by atoms with Gasteiger partial charge in [-0.1, -0.05) is 0 Å². The predicted molar refractivity (Wildman–Crippen MR) is 89.6 cm³/mol. The number of nitrogens with zero attached hydrogens (tertiary/aromatic N) is 1. The maximum atomic E-state index is 12.4. The van der Waals surface area contributed by atoms with Gasteiger partial charge in [-0.3, -0.25) is 9.69 Å². The molecule has 2 aliphatic heterocycles. The van der Waals surface area contributed by atoms with E-state index in [1.807, 2.05) is 6.92 Å². The van der Waals surface area contributed by atoms with Crippen LogP contribution in [0.3, 0.4) is 0 Å². The number of carbonyl (C=O) groups is 1. The summed E-state index contributed by atoms with van der Waals surface area (Å²) in [4.78, 5) is 14.7. The Kier molecular flexibility index (Phi) is 9.81. The van der Waals surface area contributed by atoms with Gasteiger partial charge in [0.25, 0.3) is 0 Å². The minimum absolute atomic E-state index is 0. The lowest BCUT2D eigenvalue weighted by Gasteiger charge is -2.35. The summed E-state index contributed by atoms with van der Waals surface area (Å²) < 4.78 is 5.33. The van der Waals surface area contributed by atoms with Gasteiger partial charge in [0.05, 0.1) is 18.8 Å². The van der Waals surface area contributed by atoms with Crippen molar-refractivity contribution in [1.82, 2.24) is 15.5 Å². The molecular formula is C14H29Cl2N3O2. The van der Waals surface area contributed by atoms with Crippen LogP contribution in [0.25, 0.3) is 0 Å². The summed E-state index contributed by atoms with van der Waals surface area (Å²) in [5.41, 5.74) is -0.377. The summed E-state index contributed by atoms with van der Waals surface area (Å²) in [6.45, 7) is 9.50. The van der Waals surface area contributed by atoms with E-state index < -0.39 is 0 Å². The first-order valence-corrected chi connectivity index (χ1v) is 7.46. The van der Waals surface area contributed by atoms with Gasteiger partial charge < -0.3 is 15.4 Å². The van der Waals surface area contributed by atoms with Gasteiger partial charge in [-0.2, -0.15) is 0 Å².